The van der Waals surface area contributed by atoms with Crippen molar-refractivity contribution in [3.8, 4) is 11.3 Å². The van der Waals surface area contributed by atoms with E-state index < -0.39 is 0 Å². The van der Waals surface area contributed by atoms with Gasteiger partial charge in [0.25, 0.3) is 11.8 Å². The maximum absolute atomic E-state index is 12.3. The van der Waals surface area contributed by atoms with E-state index in [9.17, 15) is 9.59 Å². The average molecular weight is 383 g/mol. The highest BCUT2D eigenvalue weighted by Crippen LogP contribution is 2.34. The Labute approximate surface area is 161 Å². The van der Waals surface area contributed by atoms with Crippen molar-refractivity contribution in [3.63, 3.8) is 0 Å². The number of rotatable bonds is 5. The van der Waals surface area contributed by atoms with Crippen LogP contribution in [-0.4, -0.2) is 29.9 Å². The van der Waals surface area contributed by atoms with Crippen LogP contribution in [0.15, 0.2) is 36.4 Å². The Morgan fingerprint density at radius 1 is 1.22 bits per heavy atom. The Hall–Kier alpha value is -2.83. The Morgan fingerprint density at radius 3 is 2.89 bits per heavy atom. The summed E-state index contributed by atoms with van der Waals surface area (Å²) in [4.78, 5) is 27.8. The van der Waals surface area contributed by atoms with Crippen LogP contribution >= 0.6 is 11.6 Å². The van der Waals surface area contributed by atoms with Crippen molar-refractivity contribution in [2.75, 3.05) is 13.1 Å². The number of carbonyl (C=O) groups is 2. The van der Waals surface area contributed by atoms with E-state index in [4.69, 9.17) is 17.3 Å². The molecule has 0 saturated carbocycles. The number of hydrogen-bond acceptors (Lipinski definition) is 3. The molecule has 0 radical (unpaired) electrons. The molecule has 1 aliphatic rings. The molecule has 0 saturated heterocycles. The summed E-state index contributed by atoms with van der Waals surface area (Å²) in [5, 5.41) is 7.16. The number of H-pyrrole nitrogens is 1. The van der Waals surface area contributed by atoms with Crippen LogP contribution in [0, 0.1) is 0 Å². The van der Waals surface area contributed by atoms with Gasteiger partial charge in [-0.2, -0.15) is 0 Å². The molecule has 0 fully saturated rings. The number of nitrogens with one attached hydrogen (secondary N) is 3. The summed E-state index contributed by atoms with van der Waals surface area (Å²) in [6.45, 7) is 1.53. The average Bonchev–Trinajstić information content (AvgIpc) is 3.26. The summed E-state index contributed by atoms with van der Waals surface area (Å²) in [7, 11) is 0. The molecule has 1 aromatic heterocycles. The van der Waals surface area contributed by atoms with E-state index in [1.54, 1.807) is 12.1 Å². The molecular weight excluding hydrogens is 364 g/mol. The van der Waals surface area contributed by atoms with Gasteiger partial charge in [-0.25, -0.2) is 0 Å². The normalized spacial score (nSPS) is 12.9. The quantitative estimate of drug-likeness (QED) is 0.510. The number of halogens is 1. The highest BCUT2D eigenvalue weighted by Gasteiger charge is 2.26. The molecular formula is C20H19ClN4O2. The molecule has 1 aliphatic heterocycles. The van der Waals surface area contributed by atoms with Crippen molar-refractivity contribution >= 4 is 34.3 Å². The van der Waals surface area contributed by atoms with Gasteiger partial charge in [0.05, 0.1) is 5.56 Å². The first kappa shape index (κ1) is 17.6. The first-order valence-corrected chi connectivity index (χ1v) is 9.17. The molecule has 138 valence electrons. The van der Waals surface area contributed by atoms with Gasteiger partial charge in [-0.1, -0.05) is 17.7 Å². The van der Waals surface area contributed by atoms with Gasteiger partial charge < -0.3 is 21.4 Å². The Balaban J connectivity index is 1.70. The van der Waals surface area contributed by atoms with E-state index in [0.717, 1.165) is 34.1 Å². The second-order valence-electron chi connectivity index (χ2n) is 6.51. The zero-order valence-corrected chi connectivity index (χ0v) is 15.3. The van der Waals surface area contributed by atoms with Gasteiger partial charge in [0.1, 0.15) is 0 Å². The van der Waals surface area contributed by atoms with Gasteiger partial charge in [-0.05, 0) is 43.3 Å². The molecule has 0 atom stereocenters. The lowest BCUT2D eigenvalue weighted by atomic mass is 10.0. The predicted molar refractivity (Wildman–Crippen MR) is 106 cm³/mol. The van der Waals surface area contributed by atoms with Crippen LogP contribution in [0.5, 0.6) is 0 Å². The van der Waals surface area contributed by atoms with Gasteiger partial charge in [0.2, 0.25) is 0 Å². The van der Waals surface area contributed by atoms with E-state index in [2.05, 4.69) is 15.6 Å². The Kier molecular flexibility index (Phi) is 4.59. The van der Waals surface area contributed by atoms with E-state index in [0.29, 0.717) is 35.8 Å². The van der Waals surface area contributed by atoms with Crippen molar-refractivity contribution < 1.29 is 9.59 Å². The van der Waals surface area contributed by atoms with Crippen LogP contribution in [0.1, 0.15) is 32.7 Å². The molecule has 27 heavy (non-hydrogen) atoms. The molecule has 3 aromatic rings. The largest absolute Gasteiger partial charge is 0.355 e. The SMILES string of the molecule is NCCCNC(=O)c1ccc2[nH]c(-c3ccc(Cl)c4c3C(=O)NC4)cc2c1. The molecule has 0 unspecified atom stereocenters. The molecule has 5 N–H and O–H groups in total. The molecule has 0 spiro atoms. The summed E-state index contributed by atoms with van der Waals surface area (Å²) in [5.74, 6) is -0.249. The summed E-state index contributed by atoms with van der Waals surface area (Å²) in [6, 6.07) is 11.1. The van der Waals surface area contributed by atoms with Crippen LogP contribution in [0.4, 0.5) is 0 Å². The summed E-state index contributed by atoms with van der Waals surface area (Å²) in [5.41, 5.74) is 9.97. The van der Waals surface area contributed by atoms with Crippen molar-refractivity contribution in [2.45, 2.75) is 13.0 Å². The number of aromatic amines is 1. The lowest BCUT2D eigenvalue weighted by molar-refractivity contribution is 0.0949. The van der Waals surface area contributed by atoms with Crippen LogP contribution in [0.25, 0.3) is 22.2 Å². The predicted octanol–water partition coefficient (Wildman–Crippen LogP) is 2.81. The fourth-order valence-corrected chi connectivity index (χ4v) is 3.59. The topological polar surface area (TPSA) is 100 Å². The summed E-state index contributed by atoms with van der Waals surface area (Å²) >= 11 is 6.23. The fraction of sp³-hybridized carbons (Fsp3) is 0.200. The van der Waals surface area contributed by atoms with Crippen molar-refractivity contribution in [1.29, 1.82) is 0 Å². The van der Waals surface area contributed by atoms with Crippen molar-refractivity contribution in [3.05, 3.63) is 58.1 Å². The number of fused-ring (bicyclic) bond motifs is 2. The highest BCUT2D eigenvalue weighted by atomic mass is 35.5. The van der Waals surface area contributed by atoms with E-state index in [-0.39, 0.29) is 11.8 Å². The second-order valence-corrected chi connectivity index (χ2v) is 6.92. The number of benzene rings is 2. The zero-order chi connectivity index (χ0) is 19.0. The van der Waals surface area contributed by atoms with Crippen LogP contribution in [0.3, 0.4) is 0 Å². The standard InChI is InChI=1S/C20H19ClN4O2/c21-15-4-3-13(18-14(15)10-24-20(18)27)17-9-12-8-11(2-5-16(12)25-17)19(26)23-7-1-6-22/h2-5,8-9,25H,1,6-7,10,22H2,(H,23,26)(H,24,27). The first-order chi connectivity index (χ1) is 13.1. The molecule has 4 rings (SSSR count). The molecule has 0 bridgehead atoms. The van der Waals surface area contributed by atoms with E-state index in [1.165, 1.54) is 0 Å². The molecule has 2 aromatic carbocycles. The summed E-state index contributed by atoms with van der Waals surface area (Å²) < 4.78 is 0. The van der Waals surface area contributed by atoms with Gasteiger partial charge in [-0.15, -0.1) is 0 Å². The van der Waals surface area contributed by atoms with Crippen LogP contribution in [0.2, 0.25) is 5.02 Å². The van der Waals surface area contributed by atoms with Crippen molar-refractivity contribution in [2.24, 2.45) is 5.73 Å². The first-order valence-electron chi connectivity index (χ1n) is 8.79. The third-order valence-corrected chi connectivity index (χ3v) is 5.10. The maximum atomic E-state index is 12.3. The number of hydrogen-bond donors (Lipinski definition) is 4. The number of nitrogens with two attached hydrogens (primary N) is 1. The minimum absolute atomic E-state index is 0.124. The van der Waals surface area contributed by atoms with E-state index in [1.807, 2.05) is 24.3 Å². The molecule has 7 heteroatoms. The monoisotopic (exact) mass is 382 g/mol. The molecule has 0 aliphatic carbocycles. The van der Waals surface area contributed by atoms with Crippen LogP contribution < -0.4 is 16.4 Å². The summed E-state index contributed by atoms with van der Waals surface area (Å²) in [6.07, 6.45) is 0.742. The Bertz CT molecular complexity index is 1060. The van der Waals surface area contributed by atoms with Gasteiger partial charge >= 0.3 is 0 Å². The molecule has 6 nitrogen and oxygen atoms in total. The van der Waals surface area contributed by atoms with Crippen molar-refractivity contribution in [1.82, 2.24) is 15.6 Å². The number of carbonyl (C=O) groups excluding carboxylic acids is 2. The molecule has 2 amide bonds. The third-order valence-electron chi connectivity index (χ3n) is 4.75. The number of amides is 2. The highest BCUT2D eigenvalue weighted by molar-refractivity contribution is 6.32. The van der Waals surface area contributed by atoms with Gasteiger partial charge in [-0.3, -0.25) is 9.59 Å². The maximum Gasteiger partial charge on any atom is 0.252 e. The molecule has 2 heterocycles. The lowest BCUT2D eigenvalue weighted by Gasteiger charge is -2.06. The van der Waals surface area contributed by atoms with Gasteiger partial charge in [0.15, 0.2) is 0 Å². The lowest BCUT2D eigenvalue weighted by Crippen LogP contribution is -2.25. The smallest absolute Gasteiger partial charge is 0.252 e. The van der Waals surface area contributed by atoms with Crippen LogP contribution in [-0.2, 0) is 6.54 Å². The second kappa shape index (κ2) is 7.06. The number of aromatic nitrogens is 1. The van der Waals surface area contributed by atoms with E-state index >= 15 is 0 Å². The third kappa shape index (κ3) is 3.18. The zero-order valence-electron chi connectivity index (χ0n) is 14.6. The Morgan fingerprint density at radius 2 is 2.07 bits per heavy atom. The fourth-order valence-electron chi connectivity index (χ4n) is 3.36. The minimum atomic E-state index is -0.125. The minimum Gasteiger partial charge on any atom is -0.355 e. The van der Waals surface area contributed by atoms with Gasteiger partial charge in [0, 0.05) is 51.4 Å².